The highest BCUT2D eigenvalue weighted by Crippen LogP contribution is 2.46. The van der Waals surface area contributed by atoms with Gasteiger partial charge in [-0.2, -0.15) is 0 Å². The molecule has 218 valence electrons. The van der Waals surface area contributed by atoms with Gasteiger partial charge in [-0.3, -0.25) is 0 Å². The van der Waals surface area contributed by atoms with E-state index in [0.29, 0.717) is 10.6 Å². The van der Waals surface area contributed by atoms with E-state index in [4.69, 9.17) is 0 Å². The molecule has 0 saturated carbocycles. The summed E-state index contributed by atoms with van der Waals surface area (Å²) in [6, 6.07) is 47.9. The molecule has 0 heterocycles. The summed E-state index contributed by atoms with van der Waals surface area (Å²) in [6.45, 7) is 0. The van der Waals surface area contributed by atoms with E-state index in [1.807, 2.05) is 84.9 Å². The first-order valence-electron chi connectivity index (χ1n) is 15.2. The van der Waals surface area contributed by atoms with Gasteiger partial charge in [0, 0.05) is 22.0 Å². The number of fused-ring (bicyclic) bond motifs is 12. The van der Waals surface area contributed by atoms with E-state index in [2.05, 4.69) is 48.5 Å². The molecule has 0 aliphatic heterocycles. The van der Waals surface area contributed by atoms with E-state index in [1.165, 1.54) is 12.1 Å². The molecule has 0 bridgehead atoms. The average Bonchev–Trinajstić information content (AvgIpc) is 3.10. The first kappa shape index (κ1) is 27.0. The van der Waals surface area contributed by atoms with Gasteiger partial charge in [-0.1, -0.05) is 121 Å². The molecule has 0 spiro atoms. The lowest BCUT2D eigenvalue weighted by Crippen LogP contribution is -2.26. The Balaban J connectivity index is 1.40. The van der Waals surface area contributed by atoms with Gasteiger partial charge in [-0.15, -0.1) is 0 Å². The highest BCUT2D eigenvalue weighted by atomic mass is 31.2. The summed E-state index contributed by atoms with van der Waals surface area (Å²) in [6.07, 6.45) is 0. The molecule has 9 aromatic rings. The van der Waals surface area contributed by atoms with Crippen LogP contribution in [-0.4, -0.2) is 0 Å². The maximum absolute atomic E-state index is 15.9. The highest BCUT2D eigenvalue weighted by molar-refractivity contribution is 7.85. The minimum absolute atomic E-state index is 0.124. The van der Waals surface area contributed by atoms with E-state index in [-0.39, 0.29) is 5.30 Å². The number of halogens is 2. The summed E-state index contributed by atoms with van der Waals surface area (Å²) >= 11 is 0. The second-order valence-corrected chi connectivity index (χ2v) is 14.6. The zero-order valence-electron chi connectivity index (χ0n) is 24.5. The monoisotopic (exact) mass is 614 g/mol. The minimum atomic E-state index is -3.80. The molecule has 46 heavy (non-hydrogen) atoms. The molecule has 0 N–H and O–H groups in total. The van der Waals surface area contributed by atoms with Gasteiger partial charge in [0.15, 0.2) is 7.14 Å². The molecule has 0 radical (unpaired) electrons. The topological polar surface area (TPSA) is 17.1 Å². The maximum Gasteiger partial charge on any atom is 0.171 e. The predicted octanol–water partition coefficient (Wildman–Crippen LogP) is 10.5. The van der Waals surface area contributed by atoms with Crippen LogP contribution in [0, 0.1) is 11.6 Å². The molecule has 0 atom stereocenters. The lowest BCUT2D eigenvalue weighted by atomic mass is 9.94. The van der Waals surface area contributed by atoms with Crippen molar-refractivity contribution in [2.24, 2.45) is 0 Å². The number of benzene rings is 9. The van der Waals surface area contributed by atoms with E-state index in [1.54, 1.807) is 0 Å². The standard InChI is InChI=1S/C42H25F2OP/c43-26-21-27(44)23-30(22-26)46(45,28-17-19-39-35-13-3-1-9-31(35)33-11-5-7-15-37(33)41(39)24-28)29-18-20-40-36-14-4-2-10-32(36)34-12-6-8-16-38(34)42(40)25-29/h1-25H. The van der Waals surface area contributed by atoms with E-state index < -0.39 is 18.8 Å². The van der Waals surface area contributed by atoms with Crippen LogP contribution < -0.4 is 15.9 Å². The van der Waals surface area contributed by atoms with Crippen molar-refractivity contribution in [3.63, 3.8) is 0 Å². The van der Waals surface area contributed by atoms with Crippen LogP contribution in [0.25, 0.3) is 64.6 Å². The number of hydrogen-bond donors (Lipinski definition) is 0. The number of rotatable bonds is 3. The second-order valence-electron chi connectivity index (χ2n) is 11.9. The normalized spacial score (nSPS) is 12.2. The lowest BCUT2D eigenvalue weighted by molar-refractivity contribution is 0.580. The van der Waals surface area contributed by atoms with Crippen LogP contribution in [0.3, 0.4) is 0 Å². The fourth-order valence-electron chi connectivity index (χ4n) is 7.35. The van der Waals surface area contributed by atoms with Crippen LogP contribution in [0.1, 0.15) is 0 Å². The van der Waals surface area contributed by atoms with Gasteiger partial charge in [0.1, 0.15) is 11.6 Å². The molecular formula is C42H25F2OP. The Hall–Kier alpha value is -5.37. The van der Waals surface area contributed by atoms with E-state index >= 15 is 4.57 Å². The molecule has 0 saturated heterocycles. The van der Waals surface area contributed by atoms with Crippen molar-refractivity contribution in [2.75, 3.05) is 0 Å². The largest absolute Gasteiger partial charge is 0.309 e. The smallest absolute Gasteiger partial charge is 0.171 e. The van der Waals surface area contributed by atoms with Gasteiger partial charge in [0.05, 0.1) is 0 Å². The maximum atomic E-state index is 15.9. The van der Waals surface area contributed by atoms with Crippen LogP contribution >= 0.6 is 7.14 Å². The van der Waals surface area contributed by atoms with Gasteiger partial charge < -0.3 is 4.57 Å². The Morgan fingerprint density at radius 3 is 0.913 bits per heavy atom. The van der Waals surface area contributed by atoms with Crippen molar-refractivity contribution in [1.82, 2.24) is 0 Å². The Morgan fingerprint density at radius 1 is 0.304 bits per heavy atom. The van der Waals surface area contributed by atoms with Crippen molar-refractivity contribution in [2.45, 2.75) is 0 Å². The third kappa shape index (κ3) is 3.89. The molecule has 0 aromatic heterocycles. The van der Waals surface area contributed by atoms with Gasteiger partial charge >= 0.3 is 0 Å². The Labute approximate surface area is 263 Å². The van der Waals surface area contributed by atoms with Crippen LogP contribution in [0.5, 0.6) is 0 Å². The summed E-state index contributed by atoms with van der Waals surface area (Å²) in [7, 11) is -3.80. The van der Waals surface area contributed by atoms with Gasteiger partial charge in [0.2, 0.25) is 0 Å². The quantitative estimate of drug-likeness (QED) is 0.143. The molecule has 0 amide bonds. The Kier molecular flexibility index (Phi) is 5.91. The SMILES string of the molecule is O=P(c1cc(F)cc(F)c1)(c1ccc2c3ccccc3c3ccccc3c2c1)c1ccc2c3ccccc3c3ccccc3c2c1. The van der Waals surface area contributed by atoms with E-state index in [0.717, 1.165) is 70.7 Å². The summed E-state index contributed by atoms with van der Waals surface area (Å²) in [5, 5.41) is 13.9. The summed E-state index contributed by atoms with van der Waals surface area (Å²) in [4.78, 5) is 0. The van der Waals surface area contributed by atoms with Crippen molar-refractivity contribution >= 4 is 87.7 Å². The summed E-state index contributed by atoms with van der Waals surface area (Å²) in [5.41, 5.74) is 0. The fourth-order valence-corrected chi connectivity index (χ4v) is 10.0. The second kappa shape index (κ2) is 10.1. The van der Waals surface area contributed by atoms with Crippen molar-refractivity contribution in [3.8, 4) is 0 Å². The molecule has 0 aliphatic carbocycles. The van der Waals surface area contributed by atoms with Crippen molar-refractivity contribution in [3.05, 3.63) is 163 Å². The first-order valence-corrected chi connectivity index (χ1v) is 17.0. The third-order valence-corrected chi connectivity index (χ3v) is 12.4. The molecule has 4 heteroatoms. The average molecular weight is 615 g/mol. The van der Waals surface area contributed by atoms with Crippen LogP contribution in [0.4, 0.5) is 8.78 Å². The van der Waals surface area contributed by atoms with Crippen LogP contribution in [0.15, 0.2) is 152 Å². The van der Waals surface area contributed by atoms with Gasteiger partial charge in [0.25, 0.3) is 0 Å². The molecule has 9 aromatic carbocycles. The Bertz CT molecular complexity index is 2510. The predicted molar refractivity (Wildman–Crippen MR) is 191 cm³/mol. The van der Waals surface area contributed by atoms with Crippen molar-refractivity contribution in [1.29, 1.82) is 0 Å². The molecular weight excluding hydrogens is 589 g/mol. The minimum Gasteiger partial charge on any atom is -0.309 e. The van der Waals surface area contributed by atoms with Gasteiger partial charge in [-0.25, -0.2) is 8.78 Å². The van der Waals surface area contributed by atoms with E-state index in [9.17, 15) is 8.78 Å². The molecule has 0 fully saturated rings. The van der Waals surface area contributed by atoms with Gasteiger partial charge in [-0.05, 0) is 88.9 Å². The molecule has 1 nitrogen and oxygen atoms in total. The molecule has 9 rings (SSSR count). The summed E-state index contributed by atoms with van der Waals surface area (Å²) in [5.74, 6) is -1.52. The molecule has 0 aliphatic rings. The van der Waals surface area contributed by atoms with Crippen LogP contribution in [0.2, 0.25) is 0 Å². The van der Waals surface area contributed by atoms with Crippen LogP contribution in [-0.2, 0) is 4.57 Å². The first-order chi connectivity index (χ1) is 22.5. The zero-order chi connectivity index (χ0) is 31.0. The number of hydrogen-bond acceptors (Lipinski definition) is 1. The van der Waals surface area contributed by atoms with Crippen molar-refractivity contribution < 1.29 is 13.3 Å². The third-order valence-electron chi connectivity index (χ3n) is 9.39. The Morgan fingerprint density at radius 2 is 0.587 bits per heavy atom. The highest BCUT2D eigenvalue weighted by Gasteiger charge is 2.32. The zero-order valence-corrected chi connectivity index (χ0v) is 25.4. The lowest BCUT2D eigenvalue weighted by Gasteiger charge is -2.22. The summed E-state index contributed by atoms with van der Waals surface area (Å²) < 4.78 is 45.7. The molecule has 0 unspecified atom stereocenters. The fraction of sp³-hybridized carbons (Fsp3) is 0.